The van der Waals surface area contributed by atoms with Crippen molar-refractivity contribution in [2.75, 3.05) is 0 Å². The van der Waals surface area contributed by atoms with Crippen molar-refractivity contribution in [3.8, 4) is 0 Å². The second-order valence-electron chi connectivity index (χ2n) is 6.59. The van der Waals surface area contributed by atoms with Crippen molar-refractivity contribution < 1.29 is 14.8 Å². The van der Waals surface area contributed by atoms with E-state index < -0.39 is 11.9 Å². The third kappa shape index (κ3) is 3.37. The molecule has 7 heteroatoms. The van der Waals surface area contributed by atoms with Crippen molar-refractivity contribution in [1.82, 2.24) is 20.6 Å². The minimum Gasteiger partial charge on any atom is -0.340 e. The van der Waals surface area contributed by atoms with Gasteiger partial charge in [0.2, 0.25) is 0 Å². The molecule has 3 N–H and O–H groups in total. The minimum absolute atomic E-state index is 0.352. The molecule has 2 aromatic rings. The van der Waals surface area contributed by atoms with Gasteiger partial charge < -0.3 is 5.32 Å². The van der Waals surface area contributed by atoms with Crippen LogP contribution in [0.1, 0.15) is 61.6 Å². The summed E-state index contributed by atoms with van der Waals surface area (Å²) in [4.78, 5) is 23.8. The summed E-state index contributed by atoms with van der Waals surface area (Å²) < 4.78 is 2.07. The van der Waals surface area contributed by atoms with Gasteiger partial charge in [-0.15, -0.1) is 0 Å². The number of rotatable bonds is 5. The molecule has 0 unspecified atom stereocenters. The largest absolute Gasteiger partial charge is 0.340 e. The number of hydrogen-bond donors (Lipinski definition) is 3. The van der Waals surface area contributed by atoms with Crippen LogP contribution in [-0.2, 0) is 11.2 Å². The molecule has 134 valence electrons. The Morgan fingerprint density at radius 1 is 1.36 bits per heavy atom. The lowest BCUT2D eigenvalue weighted by Crippen LogP contribution is -2.43. The molecule has 0 radical (unpaired) electrons. The summed E-state index contributed by atoms with van der Waals surface area (Å²) >= 11 is 0. The first kappa shape index (κ1) is 17.4. The molecule has 0 bridgehead atoms. The predicted octanol–water partition coefficient (Wildman–Crippen LogP) is 2.34. The maximum atomic E-state index is 12.4. The second kappa shape index (κ2) is 7.23. The number of nitrogens with zero attached hydrogens (tertiary/aromatic N) is 2. The summed E-state index contributed by atoms with van der Waals surface area (Å²) in [5.41, 5.74) is 4.03. The first-order valence-electron chi connectivity index (χ1n) is 8.81. The highest BCUT2D eigenvalue weighted by Gasteiger charge is 2.22. The highest BCUT2D eigenvalue weighted by molar-refractivity contribution is 6.00. The van der Waals surface area contributed by atoms with Crippen molar-refractivity contribution in [3.63, 3.8) is 0 Å². The van der Waals surface area contributed by atoms with Gasteiger partial charge in [-0.05, 0) is 38.3 Å². The van der Waals surface area contributed by atoms with Crippen molar-refractivity contribution in [1.29, 1.82) is 0 Å². The van der Waals surface area contributed by atoms with E-state index in [0.717, 1.165) is 35.9 Å². The second-order valence-corrected chi connectivity index (χ2v) is 6.59. The first-order chi connectivity index (χ1) is 12.0. The minimum atomic E-state index is -0.820. The summed E-state index contributed by atoms with van der Waals surface area (Å²) in [7, 11) is 0. The SMILES string of the molecule is CCc1nn(C2CCCC2)c2cc(C(=O)N[C@@H](C)C(=O)NO)ccc12. The average molecular weight is 344 g/mol. The van der Waals surface area contributed by atoms with E-state index in [2.05, 4.69) is 16.9 Å². The molecule has 1 fully saturated rings. The standard InChI is InChI=1S/C18H24N4O3/c1-3-15-14-9-8-12(18(24)19-11(2)17(23)21-25)10-16(14)22(20-15)13-6-4-5-7-13/h8-11,13,25H,3-7H2,1-2H3,(H,19,24)(H,21,23)/t11-/m0/s1. The van der Waals surface area contributed by atoms with Gasteiger partial charge in [0.25, 0.3) is 11.8 Å². The van der Waals surface area contributed by atoms with Gasteiger partial charge in [0.05, 0.1) is 17.3 Å². The number of hydrogen-bond acceptors (Lipinski definition) is 4. The molecule has 1 saturated carbocycles. The Morgan fingerprint density at radius 2 is 2.08 bits per heavy atom. The Morgan fingerprint density at radius 3 is 2.72 bits per heavy atom. The van der Waals surface area contributed by atoms with Crippen LogP contribution in [0.15, 0.2) is 18.2 Å². The third-order valence-electron chi connectivity index (χ3n) is 4.90. The van der Waals surface area contributed by atoms with Crippen LogP contribution in [0.4, 0.5) is 0 Å². The van der Waals surface area contributed by atoms with Gasteiger partial charge in [-0.25, -0.2) is 5.48 Å². The molecule has 25 heavy (non-hydrogen) atoms. The van der Waals surface area contributed by atoms with Crippen LogP contribution < -0.4 is 10.8 Å². The molecular formula is C18H24N4O3. The Kier molecular flexibility index (Phi) is 5.03. The molecule has 1 aromatic heterocycles. The molecular weight excluding hydrogens is 320 g/mol. The Balaban J connectivity index is 1.94. The van der Waals surface area contributed by atoms with Crippen LogP contribution in [0.2, 0.25) is 0 Å². The summed E-state index contributed by atoms with van der Waals surface area (Å²) in [5.74, 6) is -1.01. The van der Waals surface area contributed by atoms with Gasteiger partial charge in [0.1, 0.15) is 6.04 Å². The number of benzene rings is 1. The highest BCUT2D eigenvalue weighted by Crippen LogP contribution is 2.33. The van der Waals surface area contributed by atoms with Crippen molar-refractivity contribution in [2.45, 2.75) is 58.0 Å². The fourth-order valence-corrected chi connectivity index (χ4v) is 3.47. The van der Waals surface area contributed by atoms with Crippen LogP contribution in [-0.4, -0.2) is 32.8 Å². The van der Waals surface area contributed by atoms with Gasteiger partial charge in [0, 0.05) is 10.9 Å². The Bertz CT molecular complexity index is 793. The fourth-order valence-electron chi connectivity index (χ4n) is 3.47. The first-order valence-corrected chi connectivity index (χ1v) is 8.81. The molecule has 0 aliphatic heterocycles. The molecule has 7 nitrogen and oxygen atoms in total. The monoisotopic (exact) mass is 344 g/mol. The van der Waals surface area contributed by atoms with Crippen molar-refractivity contribution in [3.05, 3.63) is 29.5 Å². The van der Waals surface area contributed by atoms with Crippen LogP contribution in [0, 0.1) is 0 Å². The topological polar surface area (TPSA) is 96.2 Å². The third-order valence-corrected chi connectivity index (χ3v) is 4.90. The van der Waals surface area contributed by atoms with E-state index in [4.69, 9.17) is 10.3 Å². The van der Waals surface area contributed by atoms with Crippen LogP contribution >= 0.6 is 0 Å². The number of aromatic nitrogens is 2. The lowest BCUT2D eigenvalue weighted by molar-refractivity contribution is -0.130. The number of aryl methyl sites for hydroxylation is 1. The predicted molar refractivity (Wildman–Crippen MR) is 93.5 cm³/mol. The molecule has 3 rings (SSSR count). The number of fused-ring (bicyclic) bond motifs is 1. The molecule has 0 saturated heterocycles. The molecule has 1 aliphatic carbocycles. The molecule has 1 aromatic carbocycles. The van der Waals surface area contributed by atoms with E-state index in [-0.39, 0.29) is 5.91 Å². The number of carbonyl (C=O) groups is 2. The zero-order chi connectivity index (χ0) is 18.0. The number of carbonyl (C=O) groups excluding carboxylic acids is 2. The van der Waals surface area contributed by atoms with E-state index in [9.17, 15) is 9.59 Å². The fraction of sp³-hybridized carbons (Fsp3) is 0.500. The summed E-state index contributed by atoms with van der Waals surface area (Å²) in [6.07, 6.45) is 5.49. The molecule has 1 heterocycles. The summed E-state index contributed by atoms with van der Waals surface area (Å²) in [6, 6.07) is 5.09. The van der Waals surface area contributed by atoms with Crippen LogP contribution in [0.5, 0.6) is 0 Å². The maximum Gasteiger partial charge on any atom is 0.265 e. The van der Waals surface area contributed by atoms with Crippen molar-refractivity contribution in [2.24, 2.45) is 0 Å². The quantitative estimate of drug-likeness (QED) is 0.573. The average Bonchev–Trinajstić information content (AvgIpc) is 3.27. The van der Waals surface area contributed by atoms with E-state index >= 15 is 0 Å². The van der Waals surface area contributed by atoms with Gasteiger partial charge >= 0.3 is 0 Å². The lowest BCUT2D eigenvalue weighted by Gasteiger charge is -2.13. The van der Waals surface area contributed by atoms with Gasteiger partial charge in [-0.2, -0.15) is 5.10 Å². The zero-order valence-corrected chi connectivity index (χ0v) is 14.6. The molecule has 1 aliphatic rings. The van der Waals surface area contributed by atoms with Gasteiger partial charge in [0.15, 0.2) is 0 Å². The number of amides is 2. The Labute approximate surface area is 146 Å². The molecule has 2 amide bonds. The van der Waals surface area contributed by atoms with E-state index in [0.29, 0.717) is 11.6 Å². The van der Waals surface area contributed by atoms with E-state index in [1.165, 1.54) is 19.8 Å². The van der Waals surface area contributed by atoms with Gasteiger partial charge in [-0.3, -0.25) is 19.5 Å². The number of nitrogens with one attached hydrogen (secondary N) is 2. The van der Waals surface area contributed by atoms with Gasteiger partial charge in [-0.1, -0.05) is 25.8 Å². The normalized spacial score (nSPS) is 16.1. The van der Waals surface area contributed by atoms with Crippen LogP contribution in [0.3, 0.4) is 0 Å². The smallest absolute Gasteiger partial charge is 0.265 e. The summed E-state index contributed by atoms with van der Waals surface area (Å²) in [6.45, 7) is 3.59. The molecule has 0 spiro atoms. The highest BCUT2D eigenvalue weighted by atomic mass is 16.5. The van der Waals surface area contributed by atoms with E-state index in [1.54, 1.807) is 11.5 Å². The summed E-state index contributed by atoms with van der Waals surface area (Å²) in [5, 5.41) is 17.1. The van der Waals surface area contributed by atoms with E-state index in [1.807, 2.05) is 12.1 Å². The van der Waals surface area contributed by atoms with Crippen LogP contribution in [0.25, 0.3) is 10.9 Å². The molecule has 1 atom stereocenters. The maximum absolute atomic E-state index is 12.4. The zero-order valence-electron chi connectivity index (χ0n) is 14.6. The lowest BCUT2D eigenvalue weighted by atomic mass is 10.1. The Hall–Kier alpha value is -2.41. The van der Waals surface area contributed by atoms with Crippen molar-refractivity contribution >= 4 is 22.7 Å². The number of hydroxylamine groups is 1.